The third-order valence-corrected chi connectivity index (χ3v) is 4.30. The Morgan fingerprint density at radius 1 is 0.583 bits per heavy atom. The Morgan fingerprint density at radius 2 is 0.917 bits per heavy atom. The van der Waals surface area contributed by atoms with Crippen molar-refractivity contribution in [3.63, 3.8) is 0 Å². The van der Waals surface area contributed by atoms with Crippen molar-refractivity contribution in [3.05, 3.63) is 0 Å². The Morgan fingerprint density at radius 3 is 1.33 bits per heavy atom. The van der Waals surface area contributed by atoms with Crippen LogP contribution in [0.15, 0.2) is 0 Å². The quantitative estimate of drug-likeness (QED) is 0.589. The fourth-order valence-corrected chi connectivity index (χ4v) is 3.01. The van der Waals surface area contributed by atoms with Gasteiger partial charge in [0.25, 0.3) is 0 Å². The van der Waals surface area contributed by atoms with Crippen LogP contribution in [0.5, 0.6) is 0 Å². The van der Waals surface area contributed by atoms with Crippen LogP contribution >= 0.6 is 0 Å². The van der Waals surface area contributed by atoms with E-state index in [4.69, 9.17) is 0 Å². The molecule has 0 N–H and O–H groups in total. The van der Waals surface area contributed by atoms with Gasteiger partial charge in [0, 0.05) is 0 Å². The normalized spacial score (nSPS) is 24.8. The predicted octanol–water partition coefficient (Wildman–Crippen LogP) is 3.86. The second kappa shape index (κ2) is 7.24. The number of rotatable bonds is 0. The van der Waals surface area contributed by atoms with Crippen molar-refractivity contribution in [2.24, 2.45) is 0 Å². The molecule has 1 saturated carbocycles. The maximum absolute atomic E-state index is 2.07. The van der Waals surface area contributed by atoms with Gasteiger partial charge in [-0.3, -0.25) is 0 Å². The van der Waals surface area contributed by atoms with Gasteiger partial charge in [0.1, 0.15) is 0 Å². The van der Waals surface area contributed by atoms with Crippen LogP contribution in [0.25, 0.3) is 0 Å². The SMILES string of the molecule is [Sb][CH]1CCCCCCCCCC1. The third-order valence-electron chi connectivity index (χ3n) is 2.82. The van der Waals surface area contributed by atoms with E-state index in [1.54, 1.807) is 0 Å². The average Bonchev–Trinajstić information content (AvgIpc) is 2.11. The first-order chi connectivity index (χ1) is 5.89. The van der Waals surface area contributed by atoms with Gasteiger partial charge in [0.05, 0.1) is 0 Å². The van der Waals surface area contributed by atoms with Gasteiger partial charge in [-0.2, -0.15) is 0 Å². The topological polar surface area (TPSA) is 0 Å². The molecule has 0 spiro atoms. The summed E-state index contributed by atoms with van der Waals surface area (Å²) in [6.45, 7) is 0. The van der Waals surface area contributed by atoms with Crippen LogP contribution in [0.4, 0.5) is 0 Å². The van der Waals surface area contributed by atoms with Crippen molar-refractivity contribution in [2.75, 3.05) is 0 Å². The molecule has 0 nitrogen and oxygen atoms in total. The van der Waals surface area contributed by atoms with Gasteiger partial charge in [0.2, 0.25) is 0 Å². The van der Waals surface area contributed by atoms with Gasteiger partial charge in [-0.1, -0.05) is 0 Å². The van der Waals surface area contributed by atoms with Crippen LogP contribution < -0.4 is 0 Å². The first kappa shape index (κ1) is 10.9. The van der Waals surface area contributed by atoms with Gasteiger partial charge in [0.15, 0.2) is 0 Å². The molecule has 1 heteroatoms. The summed E-state index contributed by atoms with van der Waals surface area (Å²) in [5.74, 6) is 0. The Hall–Kier alpha value is 0.818. The van der Waals surface area contributed by atoms with Crippen LogP contribution in [0.1, 0.15) is 64.2 Å². The van der Waals surface area contributed by atoms with Crippen LogP contribution in [0.2, 0.25) is 3.86 Å². The van der Waals surface area contributed by atoms with E-state index in [-0.39, 0.29) is 0 Å². The Balaban J connectivity index is 2.13. The molecule has 0 saturated heterocycles. The van der Waals surface area contributed by atoms with E-state index in [2.05, 4.69) is 23.0 Å². The summed E-state index contributed by atoms with van der Waals surface area (Å²) >= 11 is 2.07. The Bertz CT molecular complexity index is 89.2. The molecule has 0 aliphatic heterocycles. The minimum absolute atomic E-state index is 1.05. The van der Waals surface area contributed by atoms with Gasteiger partial charge in [-0.15, -0.1) is 0 Å². The summed E-state index contributed by atoms with van der Waals surface area (Å²) < 4.78 is 1.05. The van der Waals surface area contributed by atoms with Crippen molar-refractivity contribution in [1.29, 1.82) is 0 Å². The van der Waals surface area contributed by atoms with E-state index < -0.39 is 0 Å². The molecule has 0 aromatic carbocycles. The summed E-state index contributed by atoms with van der Waals surface area (Å²) in [4.78, 5) is 0. The zero-order valence-corrected chi connectivity index (χ0v) is 10.6. The molecule has 0 aromatic heterocycles. The van der Waals surface area contributed by atoms with Gasteiger partial charge in [-0.05, 0) is 0 Å². The van der Waals surface area contributed by atoms with E-state index in [1.807, 2.05) is 0 Å². The molecule has 70 valence electrons. The molecule has 1 aliphatic carbocycles. The molecule has 0 amide bonds. The molecule has 2 radical (unpaired) electrons. The Labute approximate surface area is 91.0 Å². The standard InChI is InChI=1S/C11H21.Sb/c1-2-4-6-8-10-11-9-7-5-3-1;/h1H,2-11H2;. The average molecular weight is 275 g/mol. The zero-order chi connectivity index (χ0) is 8.65. The van der Waals surface area contributed by atoms with Crippen molar-refractivity contribution < 1.29 is 0 Å². The first-order valence-corrected chi connectivity index (χ1v) is 7.05. The van der Waals surface area contributed by atoms with Crippen LogP contribution in [0, 0.1) is 0 Å². The molecule has 1 rings (SSSR count). The number of hydrogen-bond acceptors (Lipinski definition) is 0. The van der Waals surface area contributed by atoms with Crippen molar-refractivity contribution in [3.8, 4) is 0 Å². The molecule has 0 heterocycles. The zero-order valence-electron chi connectivity index (χ0n) is 8.10. The third kappa shape index (κ3) is 5.46. The predicted molar refractivity (Wildman–Crippen MR) is 55.7 cm³/mol. The molecule has 0 aromatic rings. The second-order valence-corrected chi connectivity index (χ2v) is 6.14. The monoisotopic (exact) mass is 274 g/mol. The Kier molecular flexibility index (Phi) is 6.58. The fraction of sp³-hybridized carbons (Fsp3) is 1.00. The van der Waals surface area contributed by atoms with Crippen molar-refractivity contribution >= 4 is 23.0 Å². The summed E-state index contributed by atoms with van der Waals surface area (Å²) in [7, 11) is 0. The molecule has 0 bridgehead atoms. The number of hydrogen-bond donors (Lipinski definition) is 0. The van der Waals surface area contributed by atoms with Crippen LogP contribution in [-0.4, -0.2) is 23.0 Å². The maximum atomic E-state index is 2.07. The van der Waals surface area contributed by atoms with Crippen LogP contribution in [-0.2, 0) is 0 Å². The minimum atomic E-state index is 1.05. The van der Waals surface area contributed by atoms with E-state index in [0.717, 1.165) is 3.86 Å². The molecule has 12 heavy (non-hydrogen) atoms. The van der Waals surface area contributed by atoms with Crippen molar-refractivity contribution in [2.45, 2.75) is 68.1 Å². The van der Waals surface area contributed by atoms with Crippen molar-refractivity contribution in [1.82, 2.24) is 0 Å². The van der Waals surface area contributed by atoms with Crippen LogP contribution in [0.3, 0.4) is 0 Å². The van der Waals surface area contributed by atoms with Gasteiger partial charge >= 0.3 is 91.1 Å². The summed E-state index contributed by atoms with van der Waals surface area (Å²) in [5, 5.41) is 0. The summed E-state index contributed by atoms with van der Waals surface area (Å²) in [6.07, 6.45) is 15.0. The first-order valence-electron chi connectivity index (χ1n) is 5.57. The molecular formula is C11H21Sb. The summed E-state index contributed by atoms with van der Waals surface area (Å²) in [5.41, 5.74) is 0. The summed E-state index contributed by atoms with van der Waals surface area (Å²) in [6, 6.07) is 0. The fourth-order valence-electron chi connectivity index (χ4n) is 1.96. The van der Waals surface area contributed by atoms with E-state index in [1.165, 1.54) is 64.2 Å². The van der Waals surface area contributed by atoms with Gasteiger partial charge < -0.3 is 0 Å². The van der Waals surface area contributed by atoms with E-state index >= 15 is 0 Å². The molecular weight excluding hydrogens is 254 g/mol. The molecule has 0 atom stereocenters. The van der Waals surface area contributed by atoms with E-state index in [9.17, 15) is 0 Å². The molecule has 1 fully saturated rings. The van der Waals surface area contributed by atoms with E-state index in [0.29, 0.717) is 0 Å². The molecule has 0 unspecified atom stereocenters. The molecule has 1 aliphatic rings. The second-order valence-electron chi connectivity index (χ2n) is 4.06. The van der Waals surface area contributed by atoms with Gasteiger partial charge in [-0.25, -0.2) is 0 Å².